The van der Waals surface area contributed by atoms with Gasteiger partial charge in [-0.15, -0.1) is 0 Å². The summed E-state index contributed by atoms with van der Waals surface area (Å²) in [4.78, 5) is 3.97. The highest BCUT2D eigenvalue weighted by Gasteiger charge is 2.07. The topological polar surface area (TPSA) is 66.7 Å². The van der Waals surface area contributed by atoms with Gasteiger partial charge in [-0.25, -0.2) is 4.98 Å². The second-order valence-corrected chi connectivity index (χ2v) is 5.70. The Morgan fingerprint density at radius 2 is 2.04 bits per heavy atom. The van der Waals surface area contributed by atoms with Gasteiger partial charge >= 0.3 is 0 Å². The Kier molecular flexibility index (Phi) is 6.33. The number of nitrogens with zero attached hydrogens (tertiary/aromatic N) is 2. The van der Waals surface area contributed by atoms with Crippen molar-refractivity contribution in [2.45, 2.75) is 13.3 Å². The first-order valence-corrected chi connectivity index (χ1v) is 7.91. The van der Waals surface area contributed by atoms with Crippen LogP contribution in [0.15, 0.2) is 29.4 Å². The number of aromatic nitrogens is 1. The van der Waals surface area contributed by atoms with E-state index in [1.54, 1.807) is 12.1 Å². The molecule has 0 amide bonds. The van der Waals surface area contributed by atoms with Gasteiger partial charge < -0.3 is 9.84 Å². The second-order valence-electron chi connectivity index (χ2n) is 4.53. The summed E-state index contributed by atoms with van der Waals surface area (Å²) in [5.74, 6) is 0.917. The molecule has 0 radical (unpaired) electrons. The Morgan fingerprint density at radius 1 is 1.26 bits per heavy atom. The summed E-state index contributed by atoms with van der Waals surface area (Å²) < 4.78 is 5.43. The summed E-state index contributed by atoms with van der Waals surface area (Å²) in [6.45, 7) is 2.60. The van der Waals surface area contributed by atoms with E-state index in [1.165, 1.54) is 18.3 Å². The van der Waals surface area contributed by atoms with E-state index in [2.05, 4.69) is 15.5 Å². The standard InChI is InChI=1S/C15H14Cl3N3O2/c1-2-5-23-10-4-3-9(13(22)6-10)8-19-21-15-12(17)7-11(16)14(18)20-15/h3-4,6-8,22H,2,5H2,1H3,(H,20,21). The molecule has 0 saturated heterocycles. The van der Waals surface area contributed by atoms with E-state index in [1.807, 2.05) is 6.92 Å². The highest BCUT2D eigenvalue weighted by atomic mass is 35.5. The Morgan fingerprint density at radius 3 is 2.74 bits per heavy atom. The predicted octanol–water partition coefficient (Wildman–Crippen LogP) is 4.98. The molecule has 122 valence electrons. The van der Waals surface area contributed by atoms with Gasteiger partial charge in [-0.3, -0.25) is 5.43 Å². The SMILES string of the molecule is CCCOc1ccc(C=NNc2nc(Cl)c(Cl)cc2Cl)c(O)c1. The number of rotatable bonds is 6. The molecule has 0 bridgehead atoms. The van der Waals surface area contributed by atoms with Gasteiger partial charge in [0.1, 0.15) is 16.7 Å². The lowest BCUT2D eigenvalue weighted by molar-refractivity contribution is 0.315. The molecule has 0 aliphatic rings. The zero-order valence-electron chi connectivity index (χ0n) is 12.2. The molecule has 0 saturated carbocycles. The summed E-state index contributed by atoms with van der Waals surface area (Å²) in [7, 11) is 0. The van der Waals surface area contributed by atoms with Crippen LogP contribution in [-0.2, 0) is 0 Å². The van der Waals surface area contributed by atoms with Gasteiger partial charge in [0.05, 0.1) is 22.9 Å². The fraction of sp³-hybridized carbons (Fsp3) is 0.200. The summed E-state index contributed by atoms with van der Waals surface area (Å²) in [6, 6.07) is 6.44. The van der Waals surface area contributed by atoms with Crippen LogP contribution in [0.1, 0.15) is 18.9 Å². The molecule has 0 unspecified atom stereocenters. The monoisotopic (exact) mass is 373 g/mol. The van der Waals surface area contributed by atoms with Crippen LogP contribution in [0.5, 0.6) is 11.5 Å². The van der Waals surface area contributed by atoms with Crippen molar-refractivity contribution in [3.05, 3.63) is 45.0 Å². The van der Waals surface area contributed by atoms with Crippen molar-refractivity contribution in [1.82, 2.24) is 4.98 Å². The minimum Gasteiger partial charge on any atom is -0.507 e. The number of phenolic OH excluding ortho intramolecular Hbond substituents is 1. The van der Waals surface area contributed by atoms with Crippen molar-refractivity contribution < 1.29 is 9.84 Å². The number of hydrogen-bond donors (Lipinski definition) is 2. The molecular weight excluding hydrogens is 361 g/mol. The van der Waals surface area contributed by atoms with Crippen LogP contribution in [0.25, 0.3) is 0 Å². The molecule has 0 fully saturated rings. The minimum absolute atomic E-state index is 0.0531. The fourth-order valence-corrected chi connectivity index (χ4v) is 2.17. The lowest BCUT2D eigenvalue weighted by Crippen LogP contribution is -1.97. The molecule has 0 aliphatic carbocycles. The molecule has 1 aromatic heterocycles. The van der Waals surface area contributed by atoms with E-state index in [4.69, 9.17) is 39.5 Å². The average Bonchev–Trinajstić information content (AvgIpc) is 2.52. The van der Waals surface area contributed by atoms with Gasteiger partial charge in [0, 0.05) is 11.6 Å². The van der Waals surface area contributed by atoms with Crippen LogP contribution in [0.4, 0.5) is 5.82 Å². The van der Waals surface area contributed by atoms with Crippen molar-refractivity contribution in [3.63, 3.8) is 0 Å². The number of anilines is 1. The number of aromatic hydroxyl groups is 1. The highest BCUT2D eigenvalue weighted by Crippen LogP contribution is 2.29. The molecule has 2 N–H and O–H groups in total. The molecule has 0 spiro atoms. The zero-order valence-corrected chi connectivity index (χ0v) is 14.5. The molecule has 2 rings (SSSR count). The van der Waals surface area contributed by atoms with Gasteiger partial charge in [-0.05, 0) is 24.6 Å². The smallest absolute Gasteiger partial charge is 0.166 e. The number of hydrazone groups is 1. The van der Waals surface area contributed by atoms with E-state index >= 15 is 0 Å². The van der Waals surface area contributed by atoms with E-state index in [0.717, 1.165) is 6.42 Å². The third-order valence-corrected chi connectivity index (χ3v) is 3.70. The largest absolute Gasteiger partial charge is 0.507 e. The molecule has 2 aromatic rings. The van der Waals surface area contributed by atoms with Crippen molar-refractivity contribution >= 4 is 46.8 Å². The first-order chi connectivity index (χ1) is 11.0. The maximum atomic E-state index is 9.94. The van der Waals surface area contributed by atoms with E-state index in [0.29, 0.717) is 17.9 Å². The highest BCUT2D eigenvalue weighted by molar-refractivity contribution is 6.42. The maximum absolute atomic E-state index is 9.94. The van der Waals surface area contributed by atoms with Gasteiger partial charge in [-0.1, -0.05) is 41.7 Å². The lowest BCUT2D eigenvalue weighted by atomic mass is 10.2. The molecule has 0 atom stereocenters. The number of hydrogen-bond acceptors (Lipinski definition) is 5. The van der Waals surface area contributed by atoms with E-state index in [9.17, 15) is 5.11 Å². The van der Waals surface area contributed by atoms with E-state index < -0.39 is 0 Å². The molecule has 23 heavy (non-hydrogen) atoms. The summed E-state index contributed by atoms with van der Waals surface area (Å²) in [5.41, 5.74) is 3.16. The third-order valence-electron chi connectivity index (χ3n) is 2.74. The quantitative estimate of drug-likeness (QED) is 0.425. The van der Waals surface area contributed by atoms with Crippen LogP contribution in [-0.4, -0.2) is 22.9 Å². The van der Waals surface area contributed by atoms with Gasteiger partial charge in [0.15, 0.2) is 5.82 Å². The average molecular weight is 375 g/mol. The van der Waals surface area contributed by atoms with Crippen molar-refractivity contribution in [2.24, 2.45) is 5.10 Å². The molecule has 1 aromatic carbocycles. The molecule has 8 heteroatoms. The van der Waals surface area contributed by atoms with Crippen molar-refractivity contribution in [3.8, 4) is 11.5 Å². The summed E-state index contributed by atoms with van der Waals surface area (Å²) in [5, 5.41) is 14.6. The van der Waals surface area contributed by atoms with Crippen LogP contribution in [0, 0.1) is 0 Å². The molecular formula is C15H14Cl3N3O2. The first kappa shape index (κ1) is 17.7. The molecule has 1 heterocycles. The lowest BCUT2D eigenvalue weighted by Gasteiger charge is -2.06. The maximum Gasteiger partial charge on any atom is 0.166 e. The van der Waals surface area contributed by atoms with Gasteiger partial charge in [-0.2, -0.15) is 5.10 Å². The summed E-state index contributed by atoms with van der Waals surface area (Å²) in [6.07, 6.45) is 2.32. The Bertz CT molecular complexity index is 723. The number of phenols is 1. The van der Waals surface area contributed by atoms with E-state index in [-0.39, 0.29) is 26.8 Å². The van der Waals surface area contributed by atoms with Gasteiger partial charge in [0.25, 0.3) is 0 Å². The predicted molar refractivity (Wildman–Crippen MR) is 94.4 cm³/mol. The number of nitrogens with one attached hydrogen (secondary N) is 1. The minimum atomic E-state index is 0.0531. The van der Waals surface area contributed by atoms with Gasteiger partial charge in [0.2, 0.25) is 0 Å². The van der Waals surface area contributed by atoms with Crippen LogP contribution < -0.4 is 10.2 Å². The Labute approximate surface area is 148 Å². The fourth-order valence-electron chi connectivity index (χ4n) is 1.63. The van der Waals surface area contributed by atoms with Crippen LogP contribution >= 0.6 is 34.8 Å². The number of halogens is 3. The normalized spacial score (nSPS) is 11.0. The van der Waals surface area contributed by atoms with Crippen molar-refractivity contribution in [2.75, 3.05) is 12.0 Å². The molecule has 5 nitrogen and oxygen atoms in total. The number of ether oxygens (including phenoxy) is 1. The third kappa shape index (κ3) is 4.89. The first-order valence-electron chi connectivity index (χ1n) is 6.77. The summed E-state index contributed by atoms with van der Waals surface area (Å²) >= 11 is 17.6. The molecule has 0 aliphatic heterocycles. The van der Waals surface area contributed by atoms with Crippen molar-refractivity contribution in [1.29, 1.82) is 0 Å². The Balaban J connectivity index is 2.07. The number of pyridine rings is 1. The number of benzene rings is 1. The Hall–Kier alpha value is -1.69. The second kappa shape index (κ2) is 8.24. The van der Waals surface area contributed by atoms with Crippen LogP contribution in [0.2, 0.25) is 15.2 Å². The zero-order chi connectivity index (χ0) is 16.8. The van der Waals surface area contributed by atoms with Crippen LogP contribution in [0.3, 0.4) is 0 Å².